The molecule has 6 nitrogen and oxygen atoms in total. The summed E-state index contributed by atoms with van der Waals surface area (Å²) in [5, 5.41) is 2.81. The summed E-state index contributed by atoms with van der Waals surface area (Å²) in [6, 6.07) is 5.45. The first kappa shape index (κ1) is 16.3. The number of hydrogen-bond donors (Lipinski definition) is 2. The van der Waals surface area contributed by atoms with E-state index in [1.165, 1.54) is 7.11 Å². The summed E-state index contributed by atoms with van der Waals surface area (Å²) in [5.74, 6) is 1.27. The molecule has 112 valence electrons. The minimum absolute atomic E-state index is 0.111. The van der Waals surface area contributed by atoms with Crippen LogP contribution < -0.4 is 20.5 Å². The van der Waals surface area contributed by atoms with Crippen molar-refractivity contribution in [3.8, 4) is 11.5 Å². The predicted molar refractivity (Wildman–Crippen MR) is 75.9 cm³/mol. The highest BCUT2D eigenvalue weighted by Crippen LogP contribution is 2.24. The van der Waals surface area contributed by atoms with E-state index < -0.39 is 0 Å². The van der Waals surface area contributed by atoms with E-state index in [0.29, 0.717) is 24.6 Å². The van der Waals surface area contributed by atoms with Crippen molar-refractivity contribution in [3.05, 3.63) is 23.8 Å². The largest absolute Gasteiger partial charge is 0.497 e. The molecule has 0 bridgehead atoms. The second-order valence-electron chi connectivity index (χ2n) is 4.25. The lowest BCUT2D eigenvalue weighted by Crippen LogP contribution is -2.32. The van der Waals surface area contributed by atoms with Gasteiger partial charge in [0, 0.05) is 31.8 Å². The van der Waals surface area contributed by atoms with Crippen LogP contribution in [0, 0.1) is 0 Å². The maximum absolute atomic E-state index is 11.8. The average molecular weight is 282 g/mol. The third-order valence-corrected chi connectivity index (χ3v) is 2.98. The predicted octanol–water partition coefficient (Wildman–Crippen LogP) is 0.684. The lowest BCUT2D eigenvalue weighted by Gasteiger charge is -2.14. The average Bonchev–Trinajstić information content (AvgIpc) is 2.50. The van der Waals surface area contributed by atoms with Gasteiger partial charge in [-0.15, -0.1) is 0 Å². The summed E-state index contributed by atoms with van der Waals surface area (Å²) >= 11 is 0. The summed E-state index contributed by atoms with van der Waals surface area (Å²) in [6.45, 7) is 0.697. The van der Waals surface area contributed by atoms with Crippen LogP contribution in [0.4, 0.5) is 0 Å². The highest BCUT2D eigenvalue weighted by molar-refractivity contribution is 5.76. The molecule has 0 saturated carbocycles. The Morgan fingerprint density at radius 3 is 2.60 bits per heavy atom. The van der Waals surface area contributed by atoms with Gasteiger partial charge < -0.3 is 25.3 Å². The van der Waals surface area contributed by atoms with E-state index in [4.69, 9.17) is 19.9 Å². The Balaban J connectivity index is 2.58. The Hall–Kier alpha value is -1.79. The Morgan fingerprint density at radius 1 is 1.30 bits per heavy atom. The lowest BCUT2D eigenvalue weighted by molar-refractivity contribution is -0.123. The minimum atomic E-state index is -0.257. The number of carbonyl (C=O) groups excluding carboxylic acids is 1. The number of carbonyl (C=O) groups is 1. The van der Waals surface area contributed by atoms with Crippen LogP contribution in [0.25, 0.3) is 0 Å². The zero-order valence-electron chi connectivity index (χ0n) is 12.1. The standard InChI is InChI=1S/C14H22N2O4/c1-18-11-5-4-10(13(6-11)20-3)9-16-14(17)7-12(8-15)19-2/h4-6,12H,7-9,15H2,1-3H3,(H,16,17). The van der Waals surface area contributed by atoms with Crippen LogP contribution in [0.5, 0.6) is 11.5 Å². The molecule has 0 fully saturated rings. The lowest BCUT2D eigenvalue weighted by atomic mass is 10.1. The summed E-state index contributed by atoms with van der Waals surface area (Å²) in [4.78, 5) is 11.8. The molecule has 1 aromatic rings. The molecule has 0 saturated heterocycles. The molecule has 0 aliphatic rings. The van der Waals surface area contributed by atoms with Gasteiger partial charge in [0.15, 0.2) is 0 Å². The molecule has 0 radical (unpaired) electrons. The minimum Gasteiger partial charge on any atom is -0.497 e. The van der Waals surface area contributed by atoms with Gasteiger partial charge in [-0.3, -0.25) is 4.79 Å². The van der Waals surface area contributed by atoms with Crippen LogP contribution in [0.1, 0.15) is 12.0 Å². The molecule has 6 heteroatoms. The zero-order valence-corrected chi connectivity index (χ0v) is 12.1. The van der Waals surface area contributed by atoms with Crippen LogP contribution >= 0.6 is 0 Å². The molecule has 0 aliphatic heterocycles. The monoisotopic (exact) mass is 282 g/mol. The van der Waals surface area contributed by atoms with Gasteiger partial charge in [0.05, 0.1) is 26.7 Å². The molecule has 1 unspecified atom stereocenters. The van der Waals surface area contributed by atoms with Crippen molar-refractivity contribution in [1.29, 1.82) is 0 Å². The second kappa shape index (κ2) is 8.39. The van der Waals surface area contributed by atoms with E-state index >= 15 is 0 Å². The molecule has 3 N–H and O–H groups in total. The molecular formula is C14H22N2O4. The van der Waals surface area contributed by atoms with Gasteiger partial charge in [0.2, 0.25) is 5.91 Å². The second-order valence-corrected chi connectivity index (χ2v) is 4.25. The van der Waals surface area contributed by atoms with Gasteiger partial charge in [-0.2, -0.15) is 0 Å². The number of benzene rings is 1. The van der Waals surface area contributed by atoms with Gasteiger partial charge in [-0.1, -0.05) is 0 Å². The quantitative estimate of drug-likeness (QED) is 0.733. The smallest absolute Gasteiger partial charge is 0.222 e. The van der Waals surface area contributed by atoms with E-state index in [0.717, 1.165) is 5.56 Å². The summed E-state index contributed by atoms with van der Waals surface area (Å²) in [5.41, 5.74) is 6.36. The van der Waals surface area contributed by atoms with Gasteiger partial charge in [0.25, 0.3) is 0 Å². The van der Waals surface area contributed by atoms with Crippen LogP contribution in [0.15, 0.2) is 18.2 Å². The first-order chi connectivity index (χ1) is 9.64. The third kappa shape index (κ3) is 4.71. The molecule has 0 spiro atoms. The third-order valence-electron chi connectivity index (χ3n) is 2.98. The van der Waals surface area contributed by atoms with Gasteiger partial charge >= 0.3 is 0 Å². The number of nitrogens with one attached hydrogen (secondary N) is 1. The molecule has 1 atom stereocenters. The molecule has 0 aliphatic carbocycles. The van der Waals surface area contributed by atoms with Crippen molar-refractivity contribution in [1.82, 2.24) is 5.32 Å². The molecule has 1 rings (SSSR count). The van der Waals surface area contributed by atoms with Crippen molar-refractivity contribution in [2.75, 3.05) is 27.9 Å². The van der Waals surface area contributed by atoms with Crippen molar-refractivity contribution in [2.24, 2.45) is 5.73 Å². The molecule has 20 heavy (non-hydrogen) atoms. The fourth-order valence-corrected chi connectivity index (χ4v) is 1.73. The van der Waals surface area contributed by atoms with E-state index in [1.807, 2.05) is 12.1 Å². The number of amides is 1. The zero-order chi connectivity index (χ0) is 15.0. The number of methoxy groups -OCH3 is 3. The number of ether oxygens (including phenoxy) is 3. The van der Waals surface area contributed by atoms with E-state index in [1.54, 1.807) is 20.3 Å². The Kier molecular flexibility index (Phi) is 6.83. The van der Waals surface area contributed by atoms with Crippen molar-refractivity contribution < 1.29 is 19.0 Å². The Bertz CT molecular complexity index is 433. The first-order valence-electron chi connectivity index (χ1n) is 6.35. The van der Waals surface area contributed by atoms with Crippen molar-refractivity contribution in [3.63, 3.8) is 0 Å². The fourth-order valence-electron chi connectivity index (χ4n) is 1.73. The SMILES string of the molecule is COc1ccc(CNC(=O)CC(CN)OC)c(OC)c1. The van der Waals surface area contributed by atoms with Gasteiger partial charge in [-0.25, -0.2) is 0 Å². The highest BCUT2D eigenvalue weighted by atomic mass is 16.5. The van der Waals surface area contributed by atoms with Crippen molar-refractivity contribution >= 4 is 5.91 Å². The number of hydrogen-bond acceptors (Lipinski definition) is 5. The number of rotatable bonds is 8. The Labute approximate surface area is 119 Å². The summed E-state index contributed by atoms with van der Waals surface area (Å²) < 4.78 is 15.5. The maximum atomic E-state index is 11.8. The topological polar surface area (TPSA) is 82.8 Å². The molecular weight excluding hydrogens is 260 g/mol. The fraction of sp³-hybridized carbons (Fsp3) is 0.500. The van der Waals surface area contributed by atoms with E-state index in [2.05, 4.69) is 5.32 Å². The van der Waals surface area contributed by atoms with Gasteiger partial charge in [-0.05, 0) is 12.1 Å². The van der Waals surface area contributed by atoms with Crippen LogP contribution in [-0.4, -0.2) is 39.9 Å². The first-order valence-corrected chi connectivity index (χ1v) is 6.35. The molecule has 0 heterocycles. The van der Waals surface area contributed by atoms with Crippen LogP contribution in [-0.2, 0) is 16.1 Å². The Morgan fingerprint density at radius 2 is 2.05 bits per heavy atom. The maximum Gasteiger partial charge on any atom is 0.222 e. The molecule has 0 aromatic heterocycles. The van der Waals surface area contributed by atoms with E-state index in [-0.39, 0.29) is 18.4 Å². The van der Waals surface area contributed by atoms with Crippen LogP contribution in [0.2, 0.25) is 0 Å². The molecule has 1 amide bonds. The highest BCUT2D eigenvalue weighted by Gasteiger charge is 2.12. The van der Waals surface area contributed by atoms with Crippen LogP contribution in [0.3, 0.4) is 0 Å². The number of nitrogens with two attached hydrogens (primary N) is 1. The van der Waals surface area contributed by atoms with Gasteiger partial charge in [0.1, 0.15) is 11.5 Å². The summed E-state index contributed by atoms with van der Waals surface area (Å²) in [7, 11) is 4.71. The summed E-state index contributed by atoms with van der Waals surface area (Å²) in [6.07, 6.45) is -0.0152. The van der Waals surface area contributed by atoms with Crippen molar-refractivity contribution in [2.45, 2.75) is 19.1 Å². The normalized spacial score (nSPS) is 11.8. The molecule has 1 aromatic carbocycles. The van der Waals surface area contributed by atoms with E-state index in [9.17, 15) is 4.79 Å².